The summed E-state index contributed by atoms with van der Waals surface area (Å²) in [5, 5.41) is -0.190. The molecule has 0 saturated carbocycles. The maximum Gasteiger partial charge on any atom is 0.276 e. The van der Waals surface area contributed by atoms with Gasteiger partial charge in [-0.3, -0.25) is 0 Å². The fraction of sp³-hybridized carbons (Fsp3) is 0.333. The van der Waals surface area contributed by atoms with E-state index < -0.39 is 10.0 Å². The van der Waals surface area contributed by atoms with Gasteiger partial charge < -0.3 is 0 Å². The molecule has 1 N–H and O–H groups in total. The van der Waals surface area contributed by atoms with Crippen LogP contribution in [0.4, 0.5) is 0 Å². The summed E-state index contributed by atoms with van der Waals surface area (Å²) >= 11 is 0. The molecule has 0 atom stereocenters. The average Bonchev–Trinajstić information content (AvgIpc) is 2.05. The molecule has 0 spiro atoms. The van der Waals surface area contributed by atoms with Crippen molar-refractivity contribution < 1.29 is 8.42 Å². The summed E-state index contributed by atoms with van der Waals surface area (Å²) in [6, 6.07) is 1.63. The van der Waals surface area contributed by atoms with E-state index in [0.717, 1.165) is 0 Å². The third-order valence-corrected chi connectivity index (χ3v) is 2.50. The highest BCUT2D eigenvalue weighted by Crippen LogP contribution is 1.99. The predicted molar refractivity (Wildman–Crippen MR) is 43.0 cm³/mol. The van der Waals surface area contributed by atoms with Gasteiger partial charge in [-0.25, -0.2) is 23.1 Å². The van der Waals surface area contributed by atoms with Gasteiger partial charge in [0, 0.05) is 11.9 Å². The number of rotatable bonds is 2. The molecule has 0 aliphatic carbocycles. The molecule has 12 heavy (non-hydrogen) atoms. The van der Waals surface area contributed by atoms with Crippen LogP contribution in [0.5, 0.6) is 0 Å². The lowest BCUT2D eigenvalue weighted by Crippen LogP contribution is -2.21. The second-order valence-electron chi connectivity index (χ2n) is 2.19. The number of hydrogen-bond donors (Lipinski definition) is 1. The van der Waals surface area contributed by atoms with Gasteiger partial charge in [-0.05, 0) is 20.0 Å². The van der Waals surface area contributed by atoms with E-state index in [2.05, 4.69) is 14.7 Å². The molecule has 0 aliphatic rings. The van der Waals surface area contributed by atoms with Crippen molar-refractivity contribution in [1.29, 1.82) is 0 Å². The Balaban J connectivity index is 3.21. The summed E-state index contributed by atoms with van der Waals surface area (Å²) in [6.45, 7) is 1.70. The summed E-state index contributed by atoms with van der Waals surface area (Å²) in [5.74, 6) is 0. The Morgan fingerprint density at radius 3 is 2.67 bits per heavy atom. The first kappa shape index (κ1) is 9.08. The minimum absolute atomic E-state index is 0.190. The smallest absolute Gasteiger partial charge is 0.226 e. The van der Waals surface area contributed by atoms with Gasteiger partial charge in [0.15, 0.2) is 0 Å². The third-order valence-electron chi connectivity index (χ3n) is 1.28. The molecular weight excluding hydrogens is 178 g/mol. The van der Waals surface area contributed by atoms with Crippen LogP contribution in [0.2, 0.25) is 0 Å². The van der Waals surface area contributed by atoms with Crippen molar-refractivity contribution in [3.8, 4) is 0 Å². The van der Waals surface area contributed by atoms with Gasteiger partial charge in [0.05, 0.1) is 0 Å². The lowest BCUT2D eigenvalue weighted by Gasteiger charge is -1.99. The van der Waals surface area contributed by atoms with E-state index in [1.54, 1.807) is 13.0 Å². The van der Waals surface area contributed by atoms with Crippen LogP contribution in [0.15, 0.2) is 17.4 Å². The van der Waals surface area contributed by atoms with E-state index in [9.17, 15) is 8.42 Å². The van der Waals surface area contributed by atoms with Crippen molar-refractivity contribution in [2.75, 3.05) is 7.05 Å². The number of aromatic nitrogens is 2. The number of aryl methyl sites for hydroxylation is 1. The molecule has 1 rings (SSSR count). The Morgan fingerprint density at radius 2 is 2.17 bits per heavy atom. The van der Waals surface area contributed by atoms with Gasteiger partial charge in [0.1, 0.15) is 0 Å². The van der Waals surface area contributed by atoms with E-state index >= 15 is 0 Å². The zero-order valence-corrected chi connectivity index (χ0v) is 7.59. The van der Waals surface area contributed by atoms with Gasteiger partial charge in [-0.2, -0.15) is 0 Å². The maximum atomic E-state index is 11.1. The zero-order valence-electron chi connectivity index (χ0n) is 6.77. The van der Waals surface area contributed by atoms with E-state index in [4.69, 9.17) is 0 Å². The van der Waals surface area contributed by atoms with Crippen molar-refractivity contribution in [1.82, 2.24) is 14.7 Å². The maximum absolute atomic E-state index is 11.1. The third kappa shape index (κ3) is 1.77. The van der Waals surface area contributed by atoms with E-state index in [-0.39, 0.29) is 5.16 Å². The second-order valence-corrected chi connectivity index (χ2v) is 3.97. The van der Waals surface area contributed by atoms with Gasteiger partial charge in [-0.1, -0.05) is 0 Å². The molecule has 5 nitrogen and oxygen atoms in total. The monoisotopic (exact) mass is 187 g/mol. The highest BCUT2D eigenvalue weighted by molar-refractivity contribution is 7.89. The van der Waals surface area contributed by atoms with Crippen molar-refractivity contribution in [2.24, 2.45) is 0 Å². The average molecular weight is 187 g/mol. The van der Waals surface area contributed by atoms with Gasteiger partial charge in [-0.15, -0.1) is 0 Å². The molecule has 0 saturated heterocycles. The predicted octanol–water partition coefficient (Wildman–Crippen LogP) is -0.307. The molecule has 0 aliphatic heterocycles. The summed E-state index contributed by atoms with van der Waals surface area (Å²) in [7, 11) is -2.17. The Bertz CT molecular complexity index is 374. The Kier molecular flexibility index (Phi) is 2.39. The van der Waals surface area contributed by atoms with Crippen molar-refractivity contribution >= 4 is 10.0 Å². The van der Waals surface area contributed by atoms with Crippen LogP contribution in [-0.2, 0) is 10.0 Å². The normalized spacial score (nSPS) is 11.5. The molecule has 0 fully saturated rings. The molecule has 1 aromatic rings. The first-order chi connectivity index (χ1) is 5.56. The molecule has 0 bridgehead atoms. The first-order valence-corrected chi connectivity index (χ1v) is 4.78. The van der Waals surface area contributed by atoms with Crippen LogP contribution < -0.4 is 4.72 Å². The molecule has 6 heteroatoms. The molecular formula is C6H9N3O2S. The lowest BCUT2D eigenvalue weighted by atomic mass is 10.5. The molecule has 0 radical (unpaired) electrons. The van der Waals surface area contributed by atoms with Crippen molar-refractivity contribution in [3.05, 3.63) is 18.0 Å². The summed E-state index contributed by atoms with van der Waals surface area (Å²) in [6.07, 6.45) is 1.41. The highest BCUT2D eigenvalue weighted by atomic mass is 32.2. The van der Waals surface area contributed by atoms with Crippen LogP contribution in [0.1, 0.15) is 5.69 Å². The van der Waals surface area contributed by atoms with E-state index in [1.807, 2.05) is 0 Å². The minimum atomic E-state index is -3.49. The fourth-order valence-electron chi connectivity index (χ4n) is 0.647. The molecule has 1 aromatic heterocycles. The van der Waals surface area contributed by atoms with Gasteiger partial charge in [0.2, 0.25) is 0 Å². The van der Waals surface area contributed by atoms with E-state index in [0.29, 0.717) is 5.69 Å². The van der Waals surface area contributed by atoms with Gasteiger partial charge >= 0.3 is 0 Å². The second kappa shape index (κ2) is 3.16. The number of sulfonamides is 1. The zero-order chi connectivity index (χ0) is 9.19. The molecule has 66 valence electrons. The quantitative estimate of drug-likeness (QED) is 0.645. The molecule has 0 unspecified atom stereocenters. The Morgan fingerprint density at radius 1 is 1.50 bits per heavy atom. The van der Waals surface area contributed by atoms with Crippen molar-refractivity contribution in [3.63, 3.8) is 0 Å². The van der Waals surface area contributed by atoms with Crippen LogP contribution >= 0.6 is 0 Å². The van der Waals surface area contributed by atoms with Crippen LogP contribution in [0, 0.1) is 6.92 Å². The topological polar surface area (TPSA) is 72.0 Å². The SMILES string of the molecule is CNS(=O)(=O)c1nccc(C)n1. The van der Waals surface area contributed by atoms with Crippen molar-refractivity contribution in [2.45, 2.75) is 12.1 Å². The standard InChI is InChI=1S/C6H9N3O2S/c1-5-3-4-8-6(9-5)12(10,11)7-2/h3-4,7H,1-2H3. The molecule has 0 aromatic carbocycles. The Hall–Kier alpha value is -1.01. The molecule has 1 heterocycles. The summed E-state index contributed by atoms with van der Waals surface area (Å²) in [5.41, 5.74) is 0.624. The number of nitrogens with zero attached hydrogens (tertiary/aromatic N) is 2. The largest absolute Gasteiger partial charge is 0.276 e. The number of nitrogens with one attached hydrogen (secondary N) is 1. The highest BCUT2D eigenvalue weighted by Gasteiger charge is 2.13. The molecule has 0 amide bonds. The van der Waals surface area contributed by atoms with Gasteiger partial charge in [0.25, 0.3) is 15.2 Å². The fourth-order valence-corrected chi connectivity index (χ4v) is 1.29. The minimum Gasteiger partial charge on any atom is -0.226 e. The number of hydrogen-bond acceptors (Lipinski definition) is 4. The van der Waals surface area contributed by atoms with Crippen LogP contribution in [0.25, 0.3) is 0 Å². The van der Waals surface area contributed by atoms with Crippen LogP contribution in [-0.4, -0.2) is 25.4 Å². The summed E-state index contributed by atoms with van der Waals surface area (Å²) < 4.78 is 24.4. The summed E-state index contributed by atoms with van der Waals surface area (Å²) in [4.78, 5) is 7.37. The van der Waals surface area contributed by atoms with E-state index in [1.165, 1.54) is 13.2 Å². The Labute approximate surface area is 70.9 Å². The van der Waals surface area contributed by atoms with Crippen LogP contribution in [0.3, 0.4) is 0 Å². The lowest BCUT2D eigenvalue weighted by molar-refractivity contribution is 0.578. The first-order valence-electron chi connectivity index (χ1n) is 3.29.